The van der Waals surface area contributed by atoms with E-state index in [2.05, 4.69) is 107 Å². The van der Waals surface area contributed by atoms with Gasteiger partial charge >= 0.3 is 0 Å². The number of benzene rings is 3. The highest BCUT2D eigenvalue weighted by Gasteiger charge is 2.34. The van der Waals surface area contributed by atoms with Gasteiger partial charge in [0.05, 0.1) is 0 Å². The molecule has 214 valence electrons. The standard InChI is InChI=1S/C37H53P.BrH/c1-2-3-4-5-6-7-8-9-10-11-12-22-29-36(30-33-23-16-13-17-24-33)37(38,31-34-25-18-14-19-26-34)32-35-27-20-15-21-28-35;/h13-21,23-28,36H,2-12,22,29-32,38H2,1H3;1H. The lowest BCUT2D eigenvalue weighted by atomic mass is 9.75. The SMILES string of the molecule is Br.CCCCCCCCCCCCCCC(Cc1ccccc1)C(P)(Cc1ccccc1)Cc1ccccc1. The van der Waals surface area contributed by atoms with Crippen LogP contribution in [0.15, 0.2) is 91.0 Å². The molecule has 0 aliphatic carbocycles. The Bertz CT molecular complexity index is 915. The van der Waals surface area contributed by atoms with Gasteiger partial charge in [0, 0.05) is 0 Å². The third-order valence-electron chi connectivity index (χ3n) is 8.30. The summed E-state index contributed by atoms with van der Waals surface area (Å²) < 4.78 is 0. The van der Waals surface area contributed by atoms with Crippen molar-refractivity contribution < 1.29 is 0 Å². The predicted octanol–water partition coefficient (Wildman–Crippen LogP) is 11.6. The van der Waals surface area contributed by atoms with Crippen LogP contribution in [-0.4, -0.2) is 5.16 Å². The molecule has 39 heavy (non-hydrogen) atoms. The maximum Gasteiger partial charge on any atom is -0.00385 e. The number of halogens is 1. The molecule has 0 nitrogen and oxygen atoms in total. The Balaban J connectivity index is 0.00000533. The Morgan fingerprint density at radius 2 is 0.872 bits per heavy atom. The molecule has 3 aromatic rings. The van der Waals surface area contributed by atoms with Crippen molar-refractivity contribution >= 4 is 26.2 Å². The molecule has 0 fully saturated rings. The van der Waals surface area contributed by atoms with Crippen LogP contribution in [-0.2, 0) is 19.3 Å². The number of rotatable bonds is 20. The monoisotopic (exact) mass is 608 g/mol. The largest absolute Gasteiger partial charge is 0.130 e. The molecule has 2 heteroatoms. The third kappa shape index (κ3) is 13.7. The fourth-order valence-electron chi connectivity index (χ4n) is 6.03. The molecule has 0 bridgehead atoms. The van der Waals surface area contributed by atoms with Gasteiger partial charge in [0.25, 0.3) is 0 Å². The summed E-state index contributed by atoms with van der Waals surface area (Å²) in [6.07, 6.45) is 21.6. The second-order valence-corrected chi connectivity index (χ2v) is 12.8. The van der Waals surface area contributed by atoms with E-state index in [1.54, 1.807) is 0 Å². The first-order valence-electron chi connectivity index (χ1n) is 15.6. The van der Waals surface area contributed by atoms with E-state index in [1.807, 2.05) is 0 Å². The van der Waals surface area contributed by atoms with E-state index in [0.29, 0.717) is 5.92 Å². The lowest BCUT2D eigenvalue weighted by molar-refractivity contribution is 0.330. The molecule has 0 aliphatic rings. The van der Waals surface area contributed by atoms with Gasteiger partial charge in [-0.2, -0.15) is 0 Å². The first-order chi connectivity index (χ1) is 18.7. The Morgan fingerprint density at radius 1 is 0.513 bits per heavy atom. The lowest BCUT2D eigenvalue weighted by Gasteiger charge is -2.39. The summed E-state index contributed by atoms with van der Waals surface area (Å²) in [6.45, 7) is 2.30. The van der Waals surface area contributed by atoms with E-state index in [9.17, 15) is 0 Å². The summed E-state index contributed by atoms with van der Waals surface area (Å²) in [4.78, 5) is 0. The summed E-state index contributed by atoms with van der Waals surface area (Å²) in [5.74, 6) is 0.624. The highest BCUT2D eigenvalue weighted by molar-refractivity contribution is 8.93. The van der Waals surface area contributed by atoms with Gasteiger partial charge < -0.3 is 0 Å². The first kappa shape index (κ1) is 33.8. The Kier molecular flexibility index (Phi) is 17.7. The number of unbranched alkanes of at least 4 members (excludes halogenated alkanes) is 11. The van der Waals surface area contributed by atoms with Gasteiger partial charge in [-0.25, -0.2) is 0 Å². The van der Waals surface area contributed by atoms with E-state index in [0.717, 1.165) is 19.3 Å². The molecule has 3 rings (SSSR count). The first-order valence-corrected chi connectivity index (χ1v) is 16.2. The van der Waals surface area contributed by atoms with Gasteiger partial charge in [-0.1, -0.05) is 175 Å². The van der Waals surface area contributed by atoms with Gasteiger partial charge in [-0.15, -0.1) is 26.2 Å². The van der Waals surface area contributed by atoms with Crippen molar-refractivity contribution in [2.45, 2.75) is 115 Å². The van der Waals surface area contributed by atoms with Crippen molar-refractivity contribution in [3.63, 3.8) is 0 Å². The molecular formula is C37H54BrP. The van der Waals surface area contributed by atoms with Crippen molar-refractivity contribution in [1.29, 1.82) is 0 Å². The van der Waals surface area contributed by atoms with E-state index < -0.39 is 0 Å². The van der Waals surface area contributed by atoms with Crippen LogP contribution >= 0.6 is 26.2 Å². The van der Waals surface area contributed by atoms with Gasteiger partial charge in [0.15, 0.2) is 0 Å². The minimum Gasteiger partial charge on any atom is -0.130 e. The predicted molar refractivity (Wildman–Crippen MR) is 182 cm³/mol. The molecule has 0 radical (unpaired) electrons. The molecule has 0 N–H and O–H groups in total. The fraction of sp³-hybridized carbons (Fsp3) is 0.514. The Morgan fingerprint density at radius 3 is 1.28 bits per heavy atom. The highest BCUT2D eigenvalue weighted by atomic mass is 79.9. The molecule has 0 aliphatic heterocycles. The number of hydrogen-bond acceptors (Lipinski definition) is 0. The van der Waals surface area contributed by atoms with Crippen LogP contribution in [0.1, 0.15) is 107 Å². The van der Waals surface area contributed by atoms with Crippen LogP contribution in [0.2, 0.25) is 0 Å². The molecule has 0 saturated heterocycles. The Labute approximate surface area is 253 Å². The van der Waals surface area contributed by atoms with Crippen molar-refractivity contribution in [2.24, 2.45) is 5.92 Å². The zero-order valence-corrected chi connectivity index (χ0v) is 27.4. The topological polar surface area (TPSA) is 0 Å². The summed E-state index contributed by atoms with van der Waals surface area (Å²) in [7, 11) is 3.39. The summed E-state index contributed by atoms with van der Waals surface area (Å²) in [5.41, 5.74) is 4.38. The molecule has 2 unspecified atom stereocenters. The van der Waals surface area contributed by atoms with E-state index in [-0.39, 0.29) is 22.1 Å². The average Bonchev–Trinajstić information content (AvgIpc) is 2.94. The van der Waals surface area contributed by atoms with Crippen molar-refractivity contribution in [3.8, 4) is 0 Å². The quantitative estimate of drug-likeness (QED) is 0.0883. The maximum atomic E-state index is 3.39. The van der Waals surface area contributed by atoms with Crippen LogP contribution in [0.25, 0.3) is 0 Å². The number of hydrogen-bond donors (Lipinski definition) is 0. The molecule has 0 aromatic heterocycles. The molecule has 0 amide bonds. The summed E-state index contributed by atoms with van der Waals surface area (Å²) in [6, 6.07) is 33.5. The molecule has 0 heterocycles. The fourth-order valence-corrected chi connectivity index (χ4v) is 6.78. The van der Waals surface area contributed by atoms with Gasteiger partial charge in [0.1, 0.15) is 0 Å². The molecule has 3 aromatic carbocycles. The van der Waals surface area contributed by atoms with E-state index in [1.165, 1.54) is 100 Å². The van der Waals surface area contributed by atoms with Gasteiger partial charge in [-0.3, -0.25) is 0 Å². The minimum absolute atomic E-state index is 0. The van der Waals surface area contributed by atoms with Crippen LogP contribution in [0, 0.1) is 5.92 Å². The Hall–Kier alpha value is -1.43. The van der Waals surface area contributed by atoms with Gasteiger partial charge in [0.2, 0.25) is 0 Å². The second kappa shape index (κ2) is 20.4. The molecule has 2 atom stereocenters. The zero-order chi connectivity index (χ0) is 26.7. The van der Waals surface area contributed by atoms with Crippen LogP contribution < -0.4 is 0 Å². The normalized spacial score (nSPS) is 12.2. The van der Waals surface area contributed by atoms with Crippen molar-refractivity contribution in [1.82, 2.24) is 0 Å². The van der Waals surface area contributed by atoms with Crippen molar-refractivity contribution in [3.05, 3.63) is 108 Å². The summed E-state index contributed by atoms with van der Waals surface area (Å²) in [5, 5.41) is 0.135. The molecular weight excluding hydrogens is 555 g/mol. The van der Waals surface area contributed by atoms with Crippen LogP contribution in [0.3, 0.4) is 0 Å². The van der Waals surface area contributed by atoms with Crippen LogP contribution in [0.4, 0.5) is 0 Å². The van der Waals surface area contributed by atoms with Crippen molar-refractivity contribution in [2.75, 3.05) is 0 Å². The second-order valence-electron chi connectivity index (χ2n) is 11.6. The minimum atomic E-state index is 0. The molecule has 0 spiro atoms. The maximum absolute atomic E-state index is 3.39. The van der Waals surface area contributed by atoms with E-state index >= 15 is 0 Å². The summed E-state index contributed by atoms with van der Waals surface area (Å²) >= 11 is 0. The lowest BCUT2D eigenvalue weighted by Crippen LogP contribution is -2.38. The smallest absolute Gasteiger partial charge is 0.00385 e. The highest BCUT2D eigenvalue weighted by Crippen LogP contribution is 2.40. The third-order valence-corrected chi connectivity index (χ3v) is 9.18. The van der Waals surface area contributed by atoms with Gasteiger partial charge in [-0.05, 0) is 53.4 Å². The average molecular weight is 610 g/mol. The molecule has 0 saturated carbocycles. The zero-order valence-electron chi connectivity index (χ0n) is 24.5. The van der Waals surface area contributed by atoms with Crippen LogP contribution in [0.5, 0.6) is 0 Å². The van der Waals surface area contributed by atoms with E-state index in [4.69, 9.17) is 0 Å².